The number of aliphatic hydroxyl groups is 1. The van der Waals surface area contributed by atoms with Gasteiger partial charge in [0.15, 0.2) is 0 Å². The molecular formula is C15H16FNO. The first-order valence-electron chi connectivity index (χ1n) is 5.92. The molecule has 0 aliphatic heterocycles. The van der Waals surface area contributed by atoms with Crippen LogP contribution < -0.4 is 0 Å². The van der Waals surface area contributed by atoms with Crippen molar-refractivity contribution in [3.05, 3.63) is 64.7 Å². The standard InChI is InChI=1S/C15H16FNO/c1-10-4-3-7-17-14(10)9-15(18)12-5-6-13(16)11(2)8-12/h3-8,15,18H,9H2,1-2H3. The van der Waals surface area contributed by atoms with E-state index < -0.39 is 6.10 Å². The highest BCUT2D eigenvalue weighted by atomic mass is 19.1. The summed E-state index contributed by atoms with van der Waals surface area (Å²) in [4.78, 5) is 4.25. The lowest BCUT2D eigenvalue weighted by atomic mass is 10.0. The van der Waals surface area contributed by atoms with Crippen molar-refractivity contribution in [3.8, 4) is 0 Å². The molecule has 0 fully saturated rings. The Morgan fingerprint density at radius 1 is 1.22 bits per heavy atom. The van der Waals surface area contributed by atoms with Crippen LogP contribution in [0.15, 0.2) is 36.5 Å². The maximum atomic E-state index is 13.2. The summed E-state index contributed by atoms with van der Waals surface area (Å²) in [5.74, 6) is -0.250. The van der Waals surface area contributed by atoms with E-state index in [1.165, 1.54) is 6.07 Å². The average molecular weight is 245 g/mol. The number of nitrogens with zero attached hydrogens (tertiary/aromatic N) is 1. The van der Waals surface area contributed by atoms with Crippen LogP contribution in [0.1, 0.15) is 28.5 Å². The molecule has 1 atom stereocenters. The van der Waals surface area contributed by atoms with Gasteiger partial charge >= 0.3 is 0 Å². The van der Waals surface area contributed by atoms with E-state index in [0.29, 0.717) is 12.0 Å². The first kappa shape index (κ1) is 12.7. The Bertz CT molecular complexity index is 554. The van der Waals surface area contributed by atoms with E-state index in [0.717, 1.165) is 16.8 Å². The summed E-state index contributed by atoms with van der Waals surface area (Å²) < 4.78 is 13.2. The molecule has 2 rings (SSSR count). The number of halogens is 1. The van der Waals surface area contributed by atoms with E-state index in [1.54, 1.807) is 25.3 Å². The molecule has 18 heavy (non-hydrogen) atoms. The molecule has 0 saturated carbocycles. The number of hydrogen-bond acceptors (Lipinski definition) is 2. The minimum Gasteiger partial charge on any atom is -0.388 e. The molecule has 2 nitrogen and oxygen atoms in total. The summed E-state index contributed by atoms with van der Waals surface area (Å²) in [6.45, 7) is 3.66. The average Bonchev–Trinajstić information content (AvgIpc) is 2.35. The molecule has 2 aromatic rings. The Hall–Kier alpha value is -1.74. The Morgan fingerprint density at radius 3 is 2.67 bits per heavy atom. The third-order valence-corrected chi connectivity index (χ3v) is 3.07. The Labute approximate surface area is 106 Å². The zero-order valence-electron chi connectivity index (χ0n) is 10.5. The third-order valence-electron chi connectivity index (χ3n) is 3.07. The molecule has 0 aliphatic rings. The van der Waals surface area contributed by atoms with Gasteiger partial charge in [-0.2, -0.15) is 0 Å². The van der Waals surface area contributed by atoms with Crippen molar-refractivity contribution >= 4 is 0 Å². The fraction of sp³-hybridized carbons (Fsp3) is 0.267. The van der Waals surface area contributed by atoms with Crippen LogP contribution in [0.3, 0.4) is 0 Å². The lowest BCUT2D eigenvalue weighted by molar-refractivity contribution is 0.177. The highest BCUT2D eigenvalue weighted by Gasteiger charge is 2.12. The van der Waals surface area contributed by atoms with Crippen molar-refractivity contribution in [1.29, 1.82) is 0 Å². The van der Waals surface area contributed by atoms with E-state index >= 15 is 0 Å². The lowest BCUT2D eigenvalue weighted by Gasteiger charge is -2.13. The molecule has 1 N–H and O–H groups in total. The van der Waals surface area contributed by atoms with E-state index in [1.807, 2.05) is 19.1 Å². The van der Waals surface area contributed by atoms with Gasteiger partial charge in [-0.25, -0.2) is 4.39 Å². The molecule has 1 heterocycles. The Balaban J connectivity index is 2.19. The Morgan fingerprint density at radius 2 is 2.00 bits per heavy atom. The summed E-state index contributed by atoms with van der Waals surface area (Å²) in [6.07, 6.45) is 1.50. The van der Waals surface area contributed by atoms with E-state index in [4.69, 9.17) is 0 Å². The monoisotopic (exact) mass is 245 g/mol. The molecule has 3 heteroatoms. The first-order valence-corrected chi connectivity index (χ1v) is 5.92. The number of hydrogen-bond donors (Lipinski definition) is 1. The van der Waals surface area contributed by atoms with Gasteiger partial charge in [0.05, 0.1) is 6.10 Å². The Kier molecular flexibility index (Phi) is 3.72. The van der Waals surface area contributed by atoms with Crippen LogP contribution in [0.5, 0.6) is 0 Å². The summed E-state index contributed by atoms with van der Waals surface area (Å²) in [7, 11) is 0. The van der Waals surface area contributed by atoms with Crippen LogP contribution in [0, 0.1) is 19.7 Å². The molecule has 1 unspecified atom stereocenters. The van der Waals surface area contributed by atoms with Crippen molar-refractivity contribution < 1.29 is 9.50 Å². The molecule has 1 aromatic carbocycles. The van der Waals surface area contributed by atoms with Gasteiger partial charge in [-0.05, 0) is 42.7 Å². The first-order chi connectivity index (χ1) is 8.58. The number of aryl methyl sites for hydroxylation is 2. The van der Waals surface area contributed by atoms with Crippen LogP contribution in [-0.2, 0) is 6.42 Å². The number of rotatable bonds is 3. The number of aliphatic hydroxyl groups excluding tert-OH is 1. The normalized spacial score (nSPS) is 12.4. The SMILES string of the molecule is Cc1cc(C(O)Cc2ncccc2C)ccc1F. The van der Waals surface area contributed by atoms with Gasteiger partial charge in [-0.3, -0.25) is 4.98 Å². The van der Waals surface area contributed by atoms with Gasteiger partial charge < -0.3 is 5.11 Å². The van der Waals surface area contributed by atoms with Gasteiger partial charge in [0.25, 0.3) is 0 Å². The predicted octanol–water partition coefficient (Wildman–Crippen LogP) is 3.11. The largest absolute Gasteiger partial charge is 0.388 e. The summed E-state index contributed by atoms with van der Waals surface area (Å²) in [5, 5.41) is 10.2. The predicted molar refractivity (Wildman–Crippen MR) is 68.8 cm³/mol. The maximum Gasteiger partial charge on any atom is 0.126 e. The van der Waals surface area contributed by atoms with Crippen molar-refractivity contribution in [2.45, 2.75) is 26.4 Å². The molecule has 1 aromatic heterocycles. The van der Waals surface area contributed by atoms with Gasteiger partial charge in [-0.1, -0.05) is 18.2 Å². The van der Waals surface area contributed by atoms with Gasteiger partial charge in [0, 0.05) is 18.3 Å². The maximum absolute atomic E-state index is 13.2. The molecule has 94 valence electrons. The quantitative estimate of drug-likeness (QED) is 0.901. The fourth-order valence-electron chi connectivity index (χ4n) is 1.91. The topological polar surface area (TPSA) is 33.1 Å². The molecule has 0 radical (unpaired) electrons. The molecular weight excluding hydrogens is 229 g/mol. The van der Waals surface area contributed by atoms with E-state index in [-0.39, 0.29) is 5.82 Å². The number of aromatic nitrogens is 1. The molecule has 0 saturated heterocycles. The molecule has 0 bridgehead atoms. The van der Waals surface area contributed by atoms with Gasteiger partial charge in [0.1, 0.15) is 5.82 Å². The fourth-order valence-corrected chi connectivity index (χ4v) is 1.91. The van der Waals surface area contributed by atoms with E-state index in [2.05, 4.69) is 4.98 Å². The molecule has 0 aliphatic carbocycles. The summed E-state index contributed by atoms with van der Waals surface area (Å²) in [6, 6.07) is 8.51. The van der Waals surface area contributed by atoms with Crippen LogP contribution in [0.25, 0.3) is 0 Å². The van der Waals surface area contributed by atoms with Gasteiger partial charge in [-0.15, -0.1) is 0 Å². The second-order valence-electron chi connectivity index (χ2n) is 4.50. The summed E-state index contributed by atoms with van der Waals surface area (Å²) >= 11 is 0. The highest BCUT2D eigenvalue weighted by molar-refractivity contribution is 5.27. The second-order valence-corrected chi connectivity index (χ2v) is 4.50. The second kappa shape index (κ2) is 5.27. The van der Waals surface area contributed by atoms with Gasteiger partial charge in [0.2, 0.25) is 0 Å². The summed E-state index contributed by atoms with van der Waals surface area (Å²) in [5.41, 5.74) is 3.19. The zero-order chi connectivity index (χ0) is 13.1. The minimum absolute atomic E-state index is 0.250. The zero-order valence-corrected chi connectivity index (χ0v) is 10.5. The van der Waals surface area contributed by atoms with Crippen LogP contribution >= 0.6 is 0 Å². The number of pyridine rings is 1. The van der Waals surface area contributed by atoms with Crippen molar-refractivity contribution in [2.75, 3.05) is 0 Å². The van der Waals surface area contributed by atoms with Crippen LogP contribution in [-0.4, -0.2) is 10.1 Å². The molecule has 0 amide bonds. The van der Waals surface area contributed by atoms with E-state index in [9.17, 15) is 9.50 Å². The van der Waals surface area contributed by atoms with Crippen molar-refractivity contribution in [3.63, 3.8) is 0 Å². The van der Waals surface area contributed by atoms with Crippen molar-refractivity contribution in [1.82, 2.24) is 4.98 Å². The smallest absolute Gasteiger partial charge is 0.126 e. The molecule has 0 spiro atoms. The van der Waals surface area contributed by atoms with Crippen LogP contribution in [0.2, 0.25) is 0 Å². The van der Waals surface area contributed by atoms with Crippen molar-refractivity contribution in [2.24, 2.45) is 0 Å². The number of benzene rings is 1. The highest BCUT2D eigenvalue weighted by Crippen LogP contribution is 2.21. The lowest BCUT2D eigenvalue weighted by Crippen LogP contribution is -2.05. The minimum atomic E-state index is -0.655. The van der Waals surface area contributed by atoms with Crippen LogP contribution in [0.4, 0.5) is 4.39 Å². The third kappa shape index (κ3) is 2.74.